The SMILES string of the molecule is Br[C](Br)(Br)[Hg][C](Br)(Br)Br. The second-order valence-electron chi connectivity index (χ2n) is 1.41. The van der Waals surface area contributed by atoms with Crippen molar-refractivity contribution < 1.29 is 24.6 Å². The molecule has 0 aliphatic heterocycles. The van der Waals surface area contributed by atoms with Gasteiger partial charge in [0, 0.05) is 0 Å². The van der Waals surface area contributed by atoms with Crippen LogP contribution in [0.15, 0.2) is 0 Å². The predicted octanol–water partition coefficient (Wildman–Crippen LogP) is 4.66. The van der Waals surface area contributed by atoms with Crippen LogP contribution in [0.3, 0.4) is 0 Å². The van der Waals surface area contributed by atoms with E-state index in [1.165, 1.54) is 0 Å². The van der Waals surface area contributed by atoms with Crippen LogP contribution in [0.2, 0.25) is 0 Å². The standard InChI is InChI=1S/2CBr3.Hg/c2*2-1(3)4;. The van der Waals surface area contributed by atoms with E-state index in [-0.39, 0.29) is -0.697 Å². The van der Waals surface area contributed by atoms with Gasteiger partial charge < -0.3 is 0 Å². The Balaban J connectivity index is 3.75. The monoisotopic (exact) mass is 699 g/mol. The van der Waals surface area contributed by atoms with Gasteiger partial charge in [-0.3, -0.25) is 0 Å². The summed E-state index contributed by atoms with van der Waals surface area (Å²) in [5.41, 5.74) is 0. The van der Waals surface area contributed by atoms with Gasteiger partial charge in [0.05, 0.1) is 0 Å². The van der Waals surface area contributed by atoms with Crippen molar-refractivity contribution in [3.8, 4) is 0 Å². The van der Waals surface area contributed by atoms with E-state index in [1.807, 2.05) is 0 Å². The number of rotatable bonds is 0. The van der Waals surface area contributed by atoms with Crippen LogP contribution in [0, 0.1) is 0 Å². The summed E-state index contributed by atoms with van der Waals surface area (Å²) in [6, 6.07) is 0. The molecule has 0 atom stereocenters. The molecule has 0 aliphatic rings. The zero-order chi connectivity index (χ0) is 7.71. The summed E-state index contributed by atoms with van der Waals surface area (Å²) >= 11 is 19.6. The van der Waals surface area contributed by atoms with Crippen LogP contribution in [0.1, 0.15) is 0 Å². The van der Waals surface area contributed by atoms with Gasteiger partial charge in [-0.05, 0) is 0 Å². The first-order valence-corrected chi connectivity index (χ1v) is 12.1. The molecule has 0 radical (unpaired) electrons. The van der Waals surface area contributed by atoms with Gasteiger partial charge in [0.1, 0.15) is 0 Å². The number of hydrogen-bond acceptors (Lipinski definition) is 0. The third kappa shape index (κ3) is 11.8. The second-order valence-corrected chi connectivity index (χ2v) is 49.7. The predicted molar refractivity (Wildman–Crippen MR) is 59.0 cm³/mol. The Kier molecular flexibility index (Phi) is 6.96. The van der Waals surface area contributed by atoms with E-state index in [9.17, 15) is 0 Å². The van der Waals surface area contributed by atoms with E-state index < -0.39 is 24.6 Å². The van der Waals surface area contributed by atoms with Crippen molar-refractivity contribution >= 4 is 95.6 Å². The maximum atomic E-state index is 3.46. The second kappa shape index (κ2) is 4.89. The molecule has 0 aliphatic carbocycles. The number of hydrogen-bond donors (Lipinski definition) is 0. The summed E-state index contributed by atoms with van der Waals surface area (Å²) in [5.74, 6) is 0. The number of halogens is 6. The maximum absolute atomic E-state index is 3.46. The normalized spacial score (nSPS) is 13.1. The van der Waals surface area contributed by atoms with Gasteiger partial charge in [-0.1, -0.05) is 0 Å². The molecule has 0 aromatic carbocycles. The fraction of sp³-hybridized carbons (Fsp3) is 1.00. The Hall–Kier alpha value is 3.82. The van der Waals surface area contributed by atoms with Gasteiger partial charge in [0.15, 0.2) is 0 Å². The average molecular weight is 704 g/mol. The molecule has 9 heavy (non-hydrogen) atoms. The van der Waals surface area contributed by atoms with E-state index in [0.717, 1.165) is 0 Å². The molecule has 0 amide bonds. The summed E-state index contributed by atoms with van der Waals surface area (Å²) in [7, 11) is 0. The van der Waals surface area contributed by atoms with Crippen LogP contribution in [-0.4, -0.2) is -0.697 Å². The first-order chi connectivity index (χ1) is 3.71. The molecule has 0 N–H and O–H groups in total. The third-order valence-corrected chi connectivity index (χ3v) is 18.3. The van der Waals surface area contributed by atoms with Crippen LogP contribution < -0.4 is 0 Å². The zero-order valence-electron chi connectivity index (χ0n) is 3.97. The van der Waals surface area contributed by atoms with Gasteiger partial charge in [0.2, 0.25) is 0 Å². The van der Waals surface area contributed by atoms with Crippen LogP contribution in [-0.2, 0) is 24.6 Å². The van der Waals surface area contributed by atoms with Gasteiger partial charge >= 0.3 is 119 Å². The van der Waals surface area contributed by atoms with Crippen molar-refractivity contribution in [2.75, 3.05) is 0 Å². The molecule has 52 valence electrons. The first kappa shape index (κ1) is 12.8. The molecule has 0 saturated carbocycles. The van der Waals surface area contributed by atoms with Crippen molar-refractivity contribution in [3.63, 3.8) is 0 Å². The molecule has 0 saturated heterocycles. The molecule has 0 bridgehead atoms. The molecule has 0 aromatic heterocycles. The van der Waals surface area contributed by atoms with Crippen molar-refractivity contribution in [2.45, 2.75) is -0.697 Å². The molecule has 0 nitrogen and oxygen atoms in total. The topological polar surface area (TPSA) is 0 Å². The fourth-order valence-electron chi connectivity index (χ4n) is 0.227. The van der Waals surface area contributed by atoms with Crippen molar-refractivity contribution in [3.05, 3.63) is 0 Å². The van der Waals surface area contributed by atoms with E-state index in [0.29, 0.717) is 0 Å². The summed E-state index contributed by atoms with van der Waals surface area (Å²) in [6.07, 6.45) is 0. The minimum absolute atomic E-state index is 0.00347. The Bertz CT molecular complexity index is 76.2. The molecular formula is C2Br6Hg. The van der Waals surface area contributed by atoms with Gasteiger partial charge in [-0.15, -0.1) is 0 Å². The van der Waals surface area contributed by atoms with Crippen molar-refractivity contribution in [2.24, 2.45) is 0 Å². The van der Waals surface area contributed by atoms with Crippen molar-refractivity contribution in [1.82, 2.24) is 0 Å². The molecular weight excluding hydrogens is 704 g/mol. The molecule has 0 aromatic rings. The van der Waals surface area contributed by atoms with E-state index in [2.05, 4.69) is 95.6 Å². The van der Waals surface area contributed by atoms with Gasteiger partial charge in [-0.25, -0.2) is 0 Å². The summed E-state index contributed by atoms with van der Waals surface area (Å²) in [6.45, 7) is 0. The quantitative estimate of drug-likeness (QED) is 0.255. The van der Waals surface area contributed by atoms with Gasteiger partial charge in [-0.2, -0.15) is 0 Å². The summed E-state index contributed by atoms with van der Waals surface area (Å²) in [5, 5.41) is 0. The zero-order valence-corrected chi connectivity index (χ0v) is 19.0. The minimum atomic E-state index is -1.13. The Labute approximate surface area is 117 Å². The van der Waals surface area contributed by atoms with Crippen LogP contribution in [0.5, 0.6) is 0 Å². The molecule has 0 heterocycles. The molecule has 0 unspecified atom stereocenters. The first-order valence-electron chi connectivity index (χ1n) is 1.84. The van der Waals surface area contributed by atoms with E-state index in [4.69, 9.17) is 0 Å². The summed E-state index contributed by atoms with van der Waals surface area (Å²) < 4.78 is 0.00694. The summed E-state index contributed by atoms with van der Waals surface area (Å²) in [4.78, 5) is 0. The van der Waals surface area contributed by atoms with Crippen LogP contribution in [0.25, 0.3) is 0 Å². The Morgan fingerprint density at radius 2 is 0.889 bits per heavy atom. The average Bonchev–Trinajstić information content (AvgIpc) is 1.14. The number of alkyl halides is 6. The fourth-order valence-corrected chi connectivity index (χ4v) is 53.8. The molecule has 0 fully saturated rings. The van der Waals surface area contributed by atoms with E-state index >= 15 is 0 Å². The van der Waals surface area contributed by atoms with E-state index in [1.54, 1.807) is 0 Å². The molecule has 7 heteroatoms. The third-order valence-electron chi connectivity index (χ3n) is 0.401. The Morgan fingerprint density at radius 3 is 0.889 bits per heavy atom. The van der Waals surface area contributed by atoms with Crippen LogP contribution >= 0.6 is 95.6 Å². The van der Waals surface area contributed by atoms with Crippen LogP contribution in [0.4, 0.5) is 0 Å². The van der Waals surface area contributed by atoms with Crippen molar-refractivity contribution in [1.29, 1.82) is 0 Å². The molecule has 0 rings (SSSR count). The molecule has 0 spiro atoms. The van der Waals surface area contributed by atoms with Gasteiger partial charge in [0.25, 0.3) is 0 Å². The Morgan fingerprint density at radius 1 is 0.667 bits per heavy atom.